The molecule has 2 N–H and O–H groups in total. The highest BCUT2D eigenvalue weighted by Gasteiger charge is 2.14. The van der Waals surface area contributed by atoms with E-state index in [4.69, 9.17) is 4.42 Å². The number of hydrogen-bond acceptors (Lipinski definition) is 5. The highest BCUT2D eigenvalue weighted by molar-refractivity contribution is 7.92. The van der Waals surface area contributed by atoms with Crippen LogP contribution < -0.4 is 4.72 Å². The number of rotatable bonds is 5. The van der Waals surface area contributed by atoms with Crippen molar-refractivity contribution in [3.05, 3.63) is 72.5 Å². The number of sulfonamides is 1. The number of aryl methyl sites for hydroxylation is 1. The summed E-state index contributed by atoms with van der Waals surface area (Å²) in [6.07, 6.45) is 1.56. The molecule has 4 aromatic rings. The van der Waals surface area contributed by atoms with Crippen molar-refractivity contribution in [1.82, 2.24) is 15.2 Å². The third-order valence-electron chi connectivity index (χ3n) is 3.97. The van der Waals surface area contributed by atoms with E-state index in [9.17, 15) is 8.42 Å². The van der Waals surface area contributed by atoms with Crippen LogP contribution in [0.4, 0.5) is 5.69 Å². The van der Waals surface area contributed by atoms with Crippen molar-refractivity contribution in [2.24, 2.45) is 0 Å². The van der Waals surface area contributed by atoms with Gasteiger partial charge in [-0.05, 0) is 55.5 Å². The fourth-order valence-corrected chi connectivity index (χ4v) is 3.59. The summed E-state index contributed by atoms with van der Waals surface area (Å²) >= 11 is 0. The topological polar surface area (TPSA) is 101 Å². The molecule has 27 heavy (non-hydrogen) atoms. The number of nitrogens with zero attached hydrogens (tertiary/aromatic N) is 2. The summed E-state index contributed by atoms with van der Waals surface area (Å²) in [5.74, 6) is 1.62. The Morgan fingerprint density at radius 3 is 2.41 bits per heavy atom. The highest BCUT2D eigenvalue weighted by Crippen LogP contribution is 2.23. The second kappa shape index (κ2) is 6.73. The van der Waals surface area contributed by atoms with Crippen LogP contribution in [0, 0.1) is 6.92 Å². The Bertz CT molecular complexity index is 1150. The standard InChI is InChI=1S/C19H16N4O3S/c1-13-4-10-16(11-5-13)27(24,25)23-15-8-6-14(7-9-15)18-20-19(22-21-18)17-3-2-12-26-17/h2-12,23H,1H3,(H,20,21,22). The van der Waals surface area contributed by atoms with E-state index in [2.05, 4.69) is 19.9 Å². The summed E-state index contributed by atoms with van der Waals surface area (Å²) < 4.78 is 32.8. The van der Waals surface area contributed by atoms with Gasteiger partial charge in [-0.2, -0.15) is 5.10 Å². The third kappa shape index (κ3) is 3.61. The first kappa shape index (κ1) is 17.0. The summed E-state index contributed by atoms with van der Waals surface area (Å²) in [5, 5.41) is 6.99. The first-order chi connectivity index (χ1) is 13.0. The van der Waals surface area contributed by atoms with Crippen LogP contribution in [0.2, 0.25) is 0 Å². The van der Waals surface area contributed by atoms with Gasteiger partial charge >= 0.3 is 0 Å². The molecular weight excluding hydrogens is 364 g/mol. The van der Waals surface area contributed by atoms with E-state index < -0.39 is 10.0 Å². The second-order valence-corrected chi connectivity index (χ2v) is 7.66. The minimum absolute atomic E-state index is 0.217. The smallest absolute Gasteiger partial charge is 0.261 e. The molecule has 2 aromatic heterocycles. The van der Waals surface area contributed by atoms with Crippen molar-refractivity contribution >= 4 is 15.7 Å². The SMILES string of the molecule is Cc1ccc(S(=O)(=O)Nc2ccc(-c3n[nH]c(-c4ccco4)n3)cc2)cc1. The molecule has 4 rings (SSSR count). The highest BCUT2D eigenvalue weighted by atomic mass is 32.2. The largest absolute Gasteiger partial charge is 0.461 e. The number of nitrogens with one attached hydrogen (secondary N) is 2. The number of benzene rings is 2. The van der Waals surface area contributed by atoms with E-state index in [0.29, 0.717) is 23.1 Å². The number of hydrogen-bond donors (Lipinski definition) is 2. The molecule has 7 nitrogen and oxygen atoms in total. The lowest BCUT2D eigenvalue weighted by molar-refractivity contribution is 0.577. The molecule has 0 radical (unpaired) electrons. The zero-order valence-corrected chi connectivity index (χ0v) is 15.2. The number of furan rings is 1. The van der Waals surface area contributed by atoms with E-state index in [1.165, 1.54) is 0 Å². The maximum atomic E-state index is 12.5. The van der Waals surface area contributed by atoms with Crippen molar-refractivity contribution in [3.8, 4) is 23.0 Å². The molecule has 0 amide bonds. The van der Waals surface area contributed by atoms with Crippen molar-refractivity contribution in [2.75, 3.05) is 4.72 Å². The Morgan fingerprint density at radius 1 is 1.00 bits per heavy atom. The molecule has 0 spiro atoms. The maximum absolute atomic E-state index is 12.5. The van der Waals surface area contributed by atoms with Crippen LogP contribution in [-0.2, 0) is 10.0 Å². The van der Waals surface area contributed by atoms with Crippen LogP contribution in [0.1, 0.15) is 5.56 Å². The first-order valence-corrected chi connectivity index (χ1v) is 9.66. The Balaban J connectivity index is 1.53. The van der Waals surface area contributed by atoms with Crippen LogP contribution in [0.15, 0.2) is 76.2 Å². The van der Waals surface area contributed by atoms with Gasteiger partial charge in [0.15, 0.2) is 17.4 Å². The van der Waals surface area contributed by atoms with E-state index in [0.717, 1.165) is 11.1 Å². The predicted octanol–water partition coefficient (Wildman–Crippen LogP) is 3.84. The number of anilines is 1. The Kier molecular flexibility index (Phi) is 4.25. The lowest BCUT2D eigenvalue weighted by atomic mass is 10.2. The zero-order valence-electron chi connectivity index (χ0n) is 14.4. The lowest BCUT2D eigenvalue weighted by Gasteiger charge is -2.08. The van der Waals surface area contributed by atoms with Gasteiger partial charge in [-0.15, -0.1) is 0 Å². The van der Waals surface area contributed by atoms with E-state index in [-0.39, 0.29) is 4.90 Å². The van der Waals surface area contributed by atoms with Gasteiger partial charge in [0, 0.05) is 11.3 Å². The zero-order chi connectivity index (χ0) is 18.9. The number of H-pyrrole nitrogens is 1. The molecule has 0 saturated heterocycles. The van der Waals surface area contributed by atoms with E-state index in [1.807, 2.05) is 6.92 Å². The monoisotopic (exact) mass is 380 g/mol. The molecule has 0 aliphatic heterocycles. The average molecular weight is 380 g/mol. The van der Waals surface area contributed by atoms with Gasteiger partial charge in [0.2, 0.25) is 0 Å². The summed E-state index contributed by atoms with van der Waals surface area (Å²) in [4.78, 5) is 4.60. The summed E-state index contributed by atoms with van der Waals surface area (Å²) in [6.45, 7) is 1.91. The molecule has 2 aromatic carbocycles. The first-order valence-electron chi connectivity index (χ1n) is 8.17. The molecule has 2 heterocycles. The van der Waals surface area contributed by atoms with Crippen molar-refractivity contribution in [3.63, 3.8) is 0 Å². The van der Waals surface area contributed by atoms with Gasteiger partial charge in [-0.1, -0.05) is 17.7 Å². The quantitative estimate of drug-likeness (QED) is 0.548. The van der Waals surface area contributed by atoms with Gasteiger partial charge in [-0.3, -0.25) is 9.82 Å². The molecule has 136 valence electrons. The molecule has 0 aliphatic rings. The van der Waals surface area contributed by atoms with Crippen LogP contribution in [-0.4, -0.2) is 23.6 Å². The summed E-state index contributed by atoms with van der Waals surface area (Å²) in [5.41, 5.74) is 2.21. The van der Waals surface area contributed by atoms with Gasteiger partial charge in [0.05, 0.1) is 11.2 Å². The number of aromatic amines is 1. The summed E-state index contributed by atoms with van der Waals surface area (Å²) in [6, 6.07) is 17.1. The van der Waals surface area contributed by atoms with Gasteiger partial charge in [0.1, 0.15) is 0 Å². The molecule has 0 aliphatic carbocycles. The van der Waals surface area contributed by atoms with Gasteiger partial charge in [0.25, 0.3) is 10.0 Å². The molecule has 8 heteroatoms. The second-order valence-electron chi connectivity index (χ2n) is 5.98. The molecule has 0 bridgehead atoms. The Hall–Kier alpha value is -3.39. The molecule has 0 fully saturated rings. The maximum Gasteiger partial charge on any atom is 0.261 e. The van der Waals surface area contributed by atoms with Crippen LogP contribution >= 0.6 is 0 Å². The number of aromatic nitrogens is 3. The molecule has 0 atom stereocenters. The minimum atomic E-state index is -3.63. The molecule has 0 saturated carbocycles. The van der Waals surface area contributed by atoms with Crippen LogP contribution in [0.5, 0.6) is 0 Å². The van der Waals surface area contributed by atoms with E-state index in [1.54, 1.807) is 66.9 Å². The fourth-order valence-electron chi connectivity index (χ4n) is 2.53. The molecule has 0 unspecified atom stereocenters. The van der Waals surface area contributed by atoms with Crippen molar-refractivity contribution in [2.45, 2.75) is 11.8 Å². The Morgan fingerprint density at radius 2 is 1.74 bits per heavy atom. The van der Waals surface area contributed by atoms with Crippen LogP contribution in [0.3, 0.4) is 0 Å². The van der Waals surface area contributed by atoms with Crippen molar-refractivity contribution < 1.29 is 12.8 Å². The summed E-state index contributed by atoms with van der Waals surface area (Å²) in [7, 11) is -3.63. The fraction of sp³-hybridized carbons (Fsp3) is 0.0526. The van der Waals surface area contributed by atoms with Gasteiger partial charge in [-0.25, -0.2) is 13.4 Å². The lowest BCUT2D eigenvalue weighted by Crippen LogP contribution is -2.12. The normalized spacial score (nSPS) is 11.4. The minimum Gasteiger partial charge on any atom is -0.461 e. The van der Waals surface area contributed by atoms with Crippen molar-refractivity contribution in [1.29, 1.82) is 0 Å². The van der Waals surface area contributed by atoms with E-state index >= 15 is 0 Å². The molecular formula is C19H16N4O3S. The Labute approximate surface area is 156 Å². The van der Waals surface area contributed by atoms with Crippen LogP contribution in [0.25, 0.3) is 23.0 Å². The predicted molar refractivity (Wildman–Crippen MR) is 102 cm³/mol. The van der Waals surface area contributed by atoms with Gasteiger partial charge < -0.3 is 4.42 Å². The third-order valence-corrected chi connectivity index (χ3v) is 5.36. The average Bonchev–Trinajstić information content (AvgIpc) is 3.34.